The molecule has 2 fully saturated rings. The fraction of sp³-hybridized carbons (Fsp3) is 0.762. The number of methoxy groups -OCH3 is 1. The third-order valence-corrected chi connectivity index (χ3v) is 5.55. The largest absolute Gasteiger partial charge is 0.469 e. The molecule has 1 saturated carbocycles. The van der Waals surface area contributed by atoms with Gasteiger partial charge in [-0.25, -0.2) is 8.78 Å². The second kappa shape index (κ2) is 10.9. The zero-order chi connectivity index (χ0) is 19.8. The van der Waals surface area contributed by atoms with Crippen molar-refractivity contribution in [3.63, 3.8) is 0 Å². The Kier molecular flexibility index (Phi) is 8.90. The van der Waals surface area contributed by atoms with E-state index in [1.807, 2.05) is 6.92 Å². The van der Waals surface area contributed by atoms with Gasteiger partial charge in [-0.3, -0.25) is 4.79 Å². The molecule has 1 N–H and O–H groups in total. The molecule has 1 heterocycles. The van der Waals surface area contributed by atoms with Crippen LogP contribution in [0.5, 0.6) is 0 Å². The summed E-state index contributed by atoms with van der Waals surface area (Å²) in [6, 6.07) is 0. The number of carbonyl (C=O) groups excluding carboxylic acids is 1. The van der Waals surface area contributed by atoms with Gasteiger partial charge >= 0.3 is 5.97 Å². The number of fused-ring (bicyclic) bond motifs is 1. The Morgan fingerprint density at radius 3 is 2.85 bits per heavy atom. The van der Waals surface area contributed by atoms with E-state index in [0.29, 0.717) is 12.8 Å². The highest BCUT2D eigenvalue weighted by Gasteiger charge is 2.50. The van der Waals surface area contributed by atoms with Crippen LogP contribution in [0, 0.1) is 11.8 Å². The summed E-state index contributed by atoms with van der Waals surface area (Å²) in [5, 5.41) is 9.94. The van der Waals surface area contributed by atoms with Crippen LogP contribution in [0.2, 0.25) is 0 Å². The van der Waals surface area contributed by atoms with Gasteiger partial charge in [-0.2, -0.15) is 0 Å². The topological polar surface area (TPSA) is 55.8 Å². The smallest absolute Gasteiger partial charge is 0.305 e. The number of halogens is 2. The van der Waals surface area contributed by atoms with Gasteiger partial charge in [-0.15, -0.1) is 0 Å². The number of ether oxygens (including phenoxy) is 2. The molecule has 2 rings (SSSR count). The maximum atomic E-state index is 14.9. The molecule has 2 unspecified atom stereocenters. The third-order valence-electron chi connectivity index (χ3n) is 5.55. The second-order valence-corrected chi connectivity index (χ2v) is 7.48. The molecule has 27 heavy (non-hydrogen) atoms. The number of allylic oxidation sites excluding steroid dienone is 2. The van der Waals surface area contributed by atoms with E-state index in [9.17, 15) is 18.7 Å². The molecule has 0 spiro atoms. The molecule has 7 atom stereocenters. The molecular formula is C21H32F2O4. The van der Waals surface area contributed by atoms with Crippen LogP contribution in [0.25, 0.3) is 0 Å². The molecule has 0 aromatic heterocycles. The van der Waals surface area contributed by atoms with Crippen molar-refractivity contribution in [2.45, 2.75) is 82.5 Å². The van der Waals surface area contributed by atoms with Crippen LogP contribution in [-0.2, 0) is 14.3 Å². The van der Waals surface area contributed by atoms with Gasteiger partial charge in [0.05, 0.1) is 13.2 Å². The molecule has 1 saturated heterocycles. The van der Waals surface area contributed by atoms with Crippen molar-refractivity contribution < 1.29 is 28.2 Å². The number of aliphatic hydroxyl groups excluding tert-OH is 1. The molecule has 0 bridgehead atoms. The molecule has 6 heteroatoms. The first-order chi connectivity index (χ1) is 13.0. The van der Waals surface area contributed by atoms with E-state index < -0.39 is 24.6 Å². The lowest BCUT2D eigenvalue weighted by Gasteiger charge is -2.18. The molecular weight excluding hydrogens is 354 g/mol. The Bertz CT molecular complexity index is 522. The van der Waals surface area contributed by atoms with Crippen molar-refractivity contribution in [3.8, 4) is 0 Å². The number of hydrogen-bond donors (Lipinski definition) is 1. The van der Waals surface area contributed by atoms with E-state index in [1.54, 1.807) is 18.2 Å². The minimum absolute atomic E-state index is 0.0495. The van der Waals surface area contributed by atoms with Crippen molar-refractivity contribution in [2.24, 2.45) is 11.8 Å². The average molecular weight is 386 g/mol. The lowest BCUT2D eigenvalue weighted by Crippen LogP contribution is -2.25. The van der Waals surface area contributed by atoms with Gasteiger partial charge in [0.1, 0.15) is 24.6 Å². The molecule has 154 valence electrons. The number of unbranched alkanes of at least 4 members (excludes halogenated alkanes) is 1. The highest BCUT2D eigenvalue weighted by molar-refractivity contribution is 5.69. The first-order valence-corrected chi connectivity index (χ1v) is 10.0. The maximum absolute atomic E-state index is 14.9. The van der Waals surface area contributed by atoms with Crippen molar-refractivity contribution in [1.82, 2.24) is 0 Å². The summed E-state index contributed by atoms with van der Waals surface area (Å²) in [7, 11) is 1.34. The number of aliphatic hydroxyl groups is 1. The number of alkyl halides is 2. The lowest BCUT2D eigenvalue weighted by molar-refractivity contribution is -0.140. The van der Waals surface area contributed by atoms with Crippen molar-refractivity contribution in [1.29, 1.82) is 0 Å². The van der Waals surface area contributed by atoms with E-state index in [0.717, 1.165) is 25.7 Å². The van der Waals surface area contributed by atoms with Gasteiger partial charge in [-0.05, 0) is 31.6 Å². The van der Waals surface area contributed by atoms with Gasteiger partial charge < -0.3 is 14.6 Å². The Morgan fingerprint density at radius 1 is 1.37 bits per heavy atom. The third kappa shape index (κ3) is 6.11. The van der Waals surface area contributed by atoms with Crippen LogP contribution in [0.1, 0.15) is 51.9 Å². The summed E-state index contributed by atoms with van der Waals surface area (Å²) in [4.78, 5) is 11.1. The first kappa shape index (κ1) is 22.0. The molecule has 0 radical (unpaired) electrons. The lowest BCUT2D eigenvalue weighted by atomic mass is 9.89. The summed E-state index contributed by atoms with van der Waals surface area (Å²) >= 11 is 0. The first-order valence-electron chi connectivity index (χ1n) is 10.0. The van der Waals surface area contributed by atoms with E-state index >= 15 is 0 Å². The number of carbonyl (C=O) groups is 1. The molecule has 0 amide bonds. The second-order valence-electron chi connectivity index (χ2n) is 7.48. The summed E-state index contributed by atoms with van der Waals surface area (Å²) < 4.78 is 39.1. The minimum Gasteiger partial charge on any atom is -0.469 e. The van der Waals surface area contributed by atoms with Gasteiger partial charge in [0.2, 0.25) is 0 Å². The summed E-state index contributed by atoms with van der Waals surface area (Å²) in [6.07, 6.45) is 6.64. The summed E-state index contributed by atoms with van der Waals surface area (Å²) in [5.41, 5.74) is 0. The van der Waals surface area contributed by atoms with Gasteiger partial charge in [0.15, 0.2) is 0 Å². The molecule has 4 nitrogen and oxygen atoms in total. The van der Waals surface area contributed by atoms with Gasteiger partial charge in [-0.1, -0.05) is 44.1 Å². The number of hydrogen-bond acceptors (Lipinski definition) is 4. The molecule has 0 aromatic rings. The molecule has 2 aliphatic rings. The van der Waals surface area contributed by atoms with Crippen molar-refractivity contribution in [2.75, 3.05) is 7.11 Å². The van der Waals surface area contributed by atoms with E-state index in [-0.39, 0.29) is 30.3 Å². The quantitative estimate of drug-likeness (QED) is 0.454. The van der Waals surface area contributed by atoms with Crippen LogP contribution >= 0.6 is 0 Å². The maximum Gasteiger partial charge on any atom is 0.305 e. The summed E-state index contributed by atoms with van der Waals surface area (Å²) in [5.74, 6) is -0.613. The fourth-order valence-electron chi connectivity index (χ4n) is 3.97. The van der Waals surface area contributed by atoms with E-state index in [2.05, 4.69) is 4.74 Å². The highest BCUT2D eigenvalue weighted by atomic mass is 19.1. The van der Waals surface area contributed by atoms with Crippen LogP contribution < -0.4 is 0 Å². The molecule has 1 aliphatic heterocycles. The van der Waals surface area contributed by atoms with Crippen molar-refractivity contribution in [3.05, 3.63) is 24.3 Å². The monoisotopic (exact) mass is 386 g/mol. The Balaban J connectivity index is 1.86. The van der Waals surface area contributed by atoms with Crippen LogP contribution in [0.3, 0.4) is 0 Å². The standard InChI is InChI=1S/C21H32F2O4/c1-3-4-7-15(22)16(24)12-10-14-11-13-17-20(14)21(23)18(27-17)8-5-6-9-19(25)26-2/h5,8,10,12,14-18,20-21,24H,3-4,6-7,9,11,13H2,1-2H3/b8-5+,12-10+/t14-,15+,16+,17+,18?,20+,21?/m0/s1. The zero-order valence-corrected chi connectivity index (χ0v) is 16.2. The van der Waals surface area contributed by atoms with E-state index in [4.69, 9.17) is 4.74 Å². The van der Waals surface area contributed by atoms with Crippen LogP contribution in [0.15, 0.2) is 24.3 Å². The SMILES string of the molecule is CCCC[C@@H](F)[C@H](O)/C=C/[C@H]1CC[C@H]2OC(/C=C/CCC(=O)OC)C(F)[C@H]12. The average Bonchev–Trinajstić information content (AvgIpc) is 3.21. The van der Waals surface area contributed by atoms with Crippen LogP contribution in [0.4, 0.5) is 8.78 Å². The predicted octanol–water partition coefficient (Wildman–Crippen LogP) is 4.07. The van der Waals surface area contributed by atoms with Gasteiger partial charge in [0, 0.05) is 12.3 Å². The number of rotatable bonds is 10. The molecule has 0 aromatic carbocycles. The highest BCUT2D eigenvalue weighted by Crippen LogP contribution is 2.45. The number of esters is 1. The normalized spacial score (nSPS) is 32.9. The minimum atomic E-state index is -1.27. The Morgan fingerprint density at radius 2 is 2.15 bits per heavy atom. The zero-order valence-electron chi connectivity index (χ0n) is 16.2. The van der Waals surface area contributed by atoms with Crippen LogP contribution in [-0.4, -0.2) is 48.8 Å². The van der Waals surface area contributed by atoms with E-state index in [1.165, 1.54) is 13.2 Å². The van der Waals surface area contributed by atoms with Gasteiger partial charge in [0.25, 0.3) is 0 Å². The fourth-order valence-corrected chi connectivity index (χ4v) is 3.97. The Labute approximate surface area is 160 Å². The summed E-state index contributed by atoms with van der Waals surface area (Å²) in [6.45, 7) is 1.98. The van der Waals surface area contributed by atoms with Crippen molar-refractivity contribution >= 4 is 5.97 Å². The Hall–Kier alpha value is -1.27. The predicted molar refractivity (Wildman–Crippen MR) is 99.7 cm³/mol. The molecule has 1 aliphatic carbocycles.